The summed E-state index contributed by atoms with van der Waals surface area (Å²) in [5.74, 6) is 0. The van der Waals surface area contributed by atoms with Gasteiger partial charge in [0.2, 0.25) is 0 Å². The van der Waals surface area contributed by atoms with Crippen molar-refractivity contribution in [2.75, 3.05) is 11.9 Å². The van der Waals surface area contributed by atoms with E-state index in [1.807, 2.05) is 6.92 Å². The second kappa shape index (κ2) is 6.90. The second-order valence-corrected chi connectivity index (χ2v) is 5.95. The van der Waals surface area contributed by atoms with E-state index in [-0.39, 0.29) is 17.9 Å². The number of nitrogens with one attached hydrogen (secondary N) is 2. The normalized spacial score (nSPS) is 13.7. The number of aliphatic hydroxyl groups excluding tert-OH is 1. The van der Waals surface area contributed by atoms with Gasteiger partial charge in [0.25, 0.3) is 5.56 Å². The molecule has 0 fully saturated rings. The third-order valence-electron chi connectivity index (χ3n) is 2.96. The molecule has 3 N–H and O–H groups in total. The number of hydrogen-bond acceptors (Lipinski definition) is 3. The summed E-state index contributed by atoms with van der Waals surface area (Å²) in [7, 11) is 1.60. The van der Waals surface area contributed by atoms with Gasteiger partial charge in [0.05, 0.1) is 12.1 Å². The number of urea groups is 1. The molecule has 0 aliphatic rings. The number of carbonyl (C=O) groups excluding carboxylic acids is 1. The van der Waals surface area contributed by atoms with Crippen molar-refractivity contribution in [1.82, 2.24) is 9.88 Å². The molecule has 0 saturated heterocycles. The Kier molecular flexibility index (Phi) is 5.76. The van der Waals surface area contributed by atoms with Crippen molar-refractivity contribution < 1.29 is 9.90 Å². The molecule has 0 saturated carbocycles. The van der Waals surface area contributed by atoms with E-state index in [1.54, 1.807) is 20.2 Å². The average molecular weight is 346 g/mol. The summed E-state index contributed by atoms with van der Waals surface area (Å²) < 4.78 is 2.06. The molecule has 0 aliphatic heterocycles. The number of aromatic nitrogens is 1. The molecule has 1 atom stereocenters. The summed E-state index contributed by atoms with van der Waals surface area (Å²) in [4.78, 5) is 23.8. The molecule has 1 aromatic heterocycles. The molecule has 2 amide bonds. The standard InChI is InChI=1S/C13H20BrN3O3/c1-4-5-13(2,8-18)16-12(20)15-10-6-9(14)7-17(3)11(10)19/h6-7,18H,4-5,8H2,1-3H3,(H2,15,16,20). The number of amides is 2. The number of anilines is 1. The van der Waals surface area contributed by atoms with Crippen LogP contribution in [0.5, 0.6) is 0 Å². The highest BCUT2D eigenvalue weighted by atomic mass is 79.9. The topological polar surface area (TPSA) is 83.4 Å². The highest BCUT2D eigenvalue weighted by Gasteiger charge is 2.24. The van der Waals surface area contributed by atoms with Crippen LogP contribution in [0.1, 0.15) is 26.7 Å². The number of pyridine rings is 1. The lowest BCUT2D eigenvalue weighted by Gasteiger charge is -2.28. The molecular formula is C13H20BrN3O3. The van der Waals surface area contributed by atoms with E-state index in [9.17, 15) is 14.7 Å². The first-order valence-electron chi connectivity index (χ1n) is 6.37. The third kappa shape index (κ3) is 4.35. The molecular weight excluding hydrogens is 326 g/mol. The van der Waals surface area contributed by atoms with Crippen LogP contribution >= 0.6 is 15.9 Å². The van der Waals surface area contributed by atoms with E-state index < -0.39 is 11.6 Å². The quantitative estimate of drug-likeness (QED) is 0.761. The van der Waals surface area contributed by atoms with Crippen LogP contribution in [0.25, 0.3) is 0 Å². The molecule has 1 unspecified atom stereocenters. The van der Waals surface area contributed by atoms with Gasteiger partial charge in [-0.15, -0.1) is 0 Å². The number of nitrogens with zero attached hydrogens (tertiary/aromatic N) is 1. The minimum atomic E-state index is -0.698. The molecule has 1 rings (SSSR count). The molecule has 7 heteroatoms. The minimum Gasteiger partial charge on any atom is -0.394 e. The number of hydrogen-bond donors (Lipinski definition) is 3. The van der Waals surface area contributed by atoms with Crippen LogP contribution in [0.15, 0.2) is 21.5 Å². The maximum absolute atomic E-state index is 11.9. The predicted molar refractivity (Wildman–Crippen MR) is 81.9 cm³/mol. The average Bonchev–Trinajstić information content (AvgIpc) is 2.35. The largest absolute Gasteiger partial charge is 0.394 e. The Bertz CT molecular complexity index is 544. The fourth-order valence-electron chi connectivity index (χ4n) is 1.92. The van der Waals surface area contributed by atoms with Gasteiger partial charge in [-0.25, -0.2) is 4.79 Å². The Morgan fingerprint density at radius 2 is 2.20 bits per heavy atom. The number of aryl methyl sites for hydroxylation is 1. The molecule has 0 spiro atoms. The zero-order chi connectivity index (χ0) is 15.3. The van der Waals surface area contributed by atoms with Crippen molar-refractivity contribution in [2.24, 2.45) is 7.05 Å². The van der Waals surface area contributed by atoms with E-state index in [4.69, 9.17) is 0 Å². The number of carbonyl (C=O) groups is 1. The third-order valence-corrected chi connectivity index (χ3v) is 3.40. The monoisotopic (exact) mass is 345 g/mol. The fraction of sp³-hybridized carbons (Fsp3) is 0.538. The van der Waals surface area contributed by atoms with Crippen LogP contribution in [-0.4, -0.2) is 27.9 Å². The maximum Gasteiger partial charge on any atom is 0.319 e. The van der Waals surface area contributed by atoms with E-state index in [1.165, 1.54) is 10.6 Å². The summed E-state index contributed by atoms with van der Waals surface area (Å²) >= 11 is 3.27. The van der Waals surface area contributed by atoms with E-state index >= 15 is 0 Å². The van der Waals surface area contributed by atoms with Gasteiger partial charge in [0.1, 0.15) is 5.69 Å². The summed E-state index contributed by atoms with van der Waals surface area (Å²) in [6.07, 6.45) is 3.09. The molecule has 20 heavy (non-hydrogen) atoms. The van der Waals surface area contributed by atoms with Crippen LogP contribution in [0.4, 0.5) is 10.5 Å². The number of halogens is 1. The van der Waals surface area contributed by atoms with Crippen LogP contribution in [0, 0.1) is 0 Å². The predicted octanol–water partition coefficient (Wildman–Crippen LogP) is 1.82. The molecule has 1 heterocycles. The summed E-state index contributed by atoms with van der Waals surface area (Å²) in [6.45, 7) is 3.57. The van der Waals surface area contributed by atoms with Crippen molar-refractivity contribution in [2.45, 2.75) is 32.2 Å². The Labute approximate surface area is 126 Å². The lowest BCUT2D eigenvalue weighted by molar-refractivity contribution is 0.167. The highest BCUT2D eigenvalue weighted by Crippen LogP contribution is 2.13. The lowest BCUT2D eigenvalue weighted by Crippen LogP contribution is -2.50. The Morgan fingerprint density at radius 3 is 2.75 bits per heavy atom. The van der Waals surface area contributed by atoms with Crippen LogP contribution < -0.4 is 16.2 Å². The first kappa shape index (κ1) is 16.7. The summed E-state index contributed by atoms with van der Waals surface area (Å²) in [6, 6.07) is 1.03. The molecule has 1 aromatic rings. The first-order chi connectivity index (χ1) is 9.31. The Morgan fingerprint density at radius 1 is 1.55 bits per heavy atom. The molecule has 0 aliphatic carbocycles. The van der Waals surface area contributed by atoms with Gasteiger partial charge in [-0.3, -0.25) is 4.79 Å². The van der Waals surface area contributed by atoms with Crippen LogP contribution in [0.2, 0.25) is 0 Å². The number of rotatable bonds is 5. The van der Waals surface area contributed by atoms with Gasteiger partial charge in [-0.05, 0) is 35.3 Å². The summed E-state index contributed by atoms with van der Waals surface area (Å²) in [5.41, 5.74) is -0.823. The smallest absolute Gasteiger partial charge is 0.319 e. The zero-order valence-electron chi connectivity index (χ0n) is 11.9. The Balaban J connectivity index is 2.84. The molecule has 6 nitrogen and oxygen atoms in total. The molecule has 112 valence electrons. The van der Waals surface area contributed by atoms with Gasteiger partial charge >= 0.3 is 6.03 Å². The molecule has 0 bridgehead atoms. The lowest BCUT2D eigenvalue weighted by atomic mass is 9.98. The van der Waals surface area contributed by atoms with Crippen molar-refractivity contribution >= 4 is 27.6 Å². The van der Waals surface area contributed by atoms with Crippen molar-refractivity contribution in [3.63, 3.8) is 0 Å². The summed E-state index contributed by atoms with van der Waals surface area (Å²) in [5, 5.41) is 14.6. The molecule has 0 aromatic carbocycles. The van der Waals surface area contributed by atoms with Gasteiger partial charge < -0.3 is 20.3 Å². The second-order valence-electron chi connectivity index (χ2n) is 5.04. The van der Waals surface area contributed by atoms with Gasteiger partial charge in [-0.1, -0.05) is 13.3 Å². The van der Waals surface area contributed by atoms with Crippen molar-refractivity contribution in [3.05, 3.63) is 27.1 Å². The van der Waals surface area contributed by atoms with Crippen LogP contribution in [0.3, 0.4) is 0 Å². The first-order valence-corrected chi connectivity index (χ1v) is 7.17. The number of aliphatic hydroxyl groups is 1. The van der Waals surface area contributed by atoms with Crippen molar-refractivity contribution in [3.8, 4) is 0 Å². The van der Waals surface area contributed by atoms with E-state index in [0.29, 0.717) is 10.9 Å². The van der Waals surface area contributed by atoms with Crippen molar-refractivity contribution in [1.29, 1.82) is 0 Å². The fourth-order valence-corrected chi connectivity index (χ4v) is 2.46. The van der Waals surface area contributed by atoms with Gasteiger partial charge in [0, 0.05) is 17.7 Å². The Hall–Kier alpha value is -1.34. The van der Waals surface area contributed by atoms with E-state index in [2.05, 4.69) is 26.6 Å². The zero-order valence-corrected chi connectivity index (χ0v) is 13.5. The van der Waals surface area contributed by atoms with Gasteiger partial charge in [0.15, 0.2) is 0 Å². The van der Waals surface area contributed by atoms with Gasteiger partial charge in [-0.2, -0.15) is 0 Å². The van der Waals surface area contributed by atoms with Crippen LogP contribution in [-0.2, 0) is 7.05 Å². The maximum atomic E-state index is 11.9. The molecule has 0 radical (unpaired) electrons. The highest BCUT2D eigenvalue weighted by molar-refractivity contribution is 9.10. The minimum absolute atomic E-state index is 0.162. The SMILES string of the molecule is CCCC(C)(CO)NC(=O)Nc1cc(Br)cn(C)c1=O. The van der Waals surface area contributed by atoms with E-state index in [0.717, 1.165) is 6.42 Å².